The molecule has 0 spiro atoms. The third kappa shape index (κ3) is 11.8. The van der Waals surface area contributed by atoms with Crippen LogP contribution in [0.3, 0.4) is 0 Å². The van der Waals surface area contributed by atoms with Crippen LogP contribution >= 0.6 is 0 Å². The summed E-state index contributed by atoms with van der Waals surface area (Å²) >= 11 is 0. The van der Waals surface area contributed by atoms with Crippen LogP contribution in [0.5, 0.6) is 0 Å². The highest BCUT2D eigenvalue weighted by Gasteiger charge is 2.08. The van der Waals surface area contributed by atoms with Crippen molar-refractivity contribution in [1.82, 2.24) is 5.32 Å². The van der Waals surface area contributed by atoms with Crippen molar-refractivity contribution in [3.8, 4) is 0 Å². The number of hydrogen-bond acceptors (Lipinski definition) is 2. The molecular formula is C10H21F2NO. The molecule has 0 bridgehead atoms. The molecule has 0 heterocycles. The van der Waals surface area contributed by atoms with Crippen LogP contribution in [0.2, 0.25) is 0 Å². The van der Waals surface area contributed by atoms with Crippen LogP contribution < -0.4 is 5.32 Å². The Bertz CT molecular complexity index is 135. The third-order valence-corrected chi connectivity index (χ3v) is 1.57. The second-order valence-corrected chi connectivity index (χ2v) is 4.24. The van der Waals surface area contributed by atoms with Gasteiger partial charge in [0.15, 0.2) is 0 Å². The van der Waals surface area contributed by atoms with Gasteiger partial charge in [-0.3, -0.25) is 0 Å². The second kappa shape index (κ2) is 7.12. The molecule has 0 saturated carbocycles. The van der Waals surface area contributed by atoms with Gasteiger partial charge in [-0.1, -0.05) is 0 Å². The minimum atomic E-state index is -2.20. The smallest absolute Gasteiger partial charge is 0.239 e. The highest BCUT2D eigenvalue weighted by atomic mass is 19.3. The highest BCUT2D eigenvalue weighted by Crippen LogP contribution is 2.06. The number of halogens is 2. The predicted molar refractivity (Wildman–Crippen MR) is 53.8 cm³/mol. The summed E-state index contributed by atoms with van der Waals surface area (Å²) in [4.78, 5) is 0. The molecule has 0 aromatic carbocycles. The molecule has 0 unspecified atom stereocenters. The van der Waals surface area contributed by atoms with E-state index in [2.05, 4.69) is 5.32 Å². The fourth-order valence-electron chi connectivity index (χ4n) is 0.912. The molecule has 4 heteroatoms. The molecule has 0 aromatic heterocycles. The lowest BCUT2D eigenvalue weighted by molar-refractivity contribution is -0.00381. The summed E-state index contributed by atoms with van der Waals surface area (Å²) in [5.74, 6) is 0. The maximum Gasteiger partial charge on any atom is 0.239 e. The average molecular weight is 209 g/mol. The number of rotatable bonds is 7. The van der Waals surface area contributed by atoms with Crippen LogP contribution in [0.1, 0.15) is 33.6 Å². The van der Waals surface area contributed by atoms with E-state index in [0.29, 0.717) is 13.2 Å². The molecule has 2 nitrogen and oxygen atoms in total. The predicted octanol–water partition coefficient (Wildman–Crippen LogP) is 2.44. The van der Waals surface area contributed by atoms with E-state index >= 15 is 0 Å². The van der Waals surface area contributed by atoms with Gasteiger partial charge in [-0.15, -0.1) is 0 Å². The Morgan fingerprint density at radius 1 is 1.21 bits per heavy atom. The molecule has 0 radical (unpaired) electrons. The molecule has 0 fully saturated rings. The number of ether oxygens (including phenoxy) is 1. The first kappa shape index (κ1) is 13.8. The van der Waals surface area contributed by atoms with Crippen LogP contribution in [0, 0.1) is 0 Å². The zero-order chi connectivity index (χ0) is 11.0. The van der Waals surface area contributed by atoms with Crippen molar-refractivity contribution in [1.29, 1.82) is 0 Å². The normalized spacial score (nSPS) is 12.4. The van der Waals surface area contributed by atoms with Gasteiger partial charge < -0.3 is 10.1 Å². The van der Waals surface area contributed by atoms with Crippen LogP contribution in [-0.4, -0.2) is 31.7 Å². The molecule has 86 valence electrons. The third-order valence-electron chi connectivity index (χ3n) is 1.57. The lowest BCUT2D eigenvalue weighted by Crippen LogP contribution is -2.23. The molecule has 0 aliphatic carbocycles. The highest BCUT2D eigenvalue weighted by molar-refractivity contribution is 4.59. The van der Waals surface area contributed by atoms with Gasteiger partial charge in [0.1, 0.15) is 0 Å². The lowest BCUT2D eigenvalue weighted by atomic mass is 10.2. The fraction of sp³-hybridized carbons (Fsp3) is 1.00. The van der Waals surface area contributed by atoms with Gasteiger partial charge in [-0.05, 0) is 33.7 Å². The summed E-state index contributed by atoms with van der Waals surface area (Å²) in [7, 11) is 0. The topological polar surface area (TPSA) is 21.3 Å². The minimum absolute atomic E-state index is 0.0693. The maximum atomic E-state index is 11.7. The van der Waals surface area contributed by atoms with Gasteiger partial charge in [0.25, 0.3) is 0 Å². The average Bonchev–Trinajstić information content (AvgIpc) is 2.00. The van der Waals surface area contributed by atoms with Crippen molar-refractivity contribution in [3.05, 3.63) is 0 Å². The Kier molecular flexibility index (Phi) is 7.01. The first-order valence-electron chi connectivity index (χ1n) is 5.04. The Labute approximate surface area is 85.0 Å². The van der Waals surface area contributed by atoms with E-state index in [-0.39, 0.29) is 12.0 Å². The summed E-state index contributed by atoms with van der Waals surface area (Å²) < 4.78 is 28.9. The van der Waals surface area contributed by atoms with E-state index < -0.39 is 6.43 Å². The molecule has 0 aromatic rings. The largest absolute Gasteiger partial charge is 0.376 e. The van der Waals surface area contributed by atoms with Gasteiger partial charge in [0.2, 0.25) is 6.43 Å². The van der Waals surface area contributed by atoms with Crippen LogP contribution in [0.4, 0.5) is 8.78 Å². The van der Waals surface area contributed by atoms with Gasteiger partial charge in [0.05, 0.1) is 5.60 Å². The number of nitrogens with one attached hydrogen (secondary N) is 1. The SMILES string of the molecule is CC(C)(C)OCCCNCCC(F)F. The lowest BCUT2D eigenvalue weighted by Gasteiger charge is -2.19. The number of hydrogen-bond donors (Lipinski definition) is 1. The van der Waals surface area contributed by atoms with Gasteiger partial charge in [-0.25, -0.2) is 8.78 Å². The fourth-order valence-corrected chi connectivity index (χ4v) is 0.912. The summed E-state index contributed by atoms with van der Waals surface area (Å²) in [6, 6.07) is 0. The van der Waals surface area contributed by atoms with E-state index in [1.54, 1.807) is 0 Å². The van der Waals surface area contributed by atoms with Gasteiger partial charge in [0, 0.05) is 19.6 Å². The zero-order valence-electron chi connectivity index (χ0n) is 9.28. The molecule has 1 N–H and O–H groups in total. The summed E-state index contributed by atoms with van der Waals surface area (Å²) in [6.45, 7) is 7.78. The van der Waals surface area contributed by atoms with E-state index in [4.69, 9.17) is 4.74 Å². The summed E-state index contributed by atoms with van der Waals surface area (Å²) in [6.07, 6.45) is -1.41. The Balaban J connectivity index is 3.07. The quantitative estimate of drug-likeness (QED) is 0.650. The first-order valence-corrected chi connectivity index (χ1v) is 5.04. The molecule has 0 amide bonds. The summed E-state index contributed by atoms with van der Waals surface area (Å²) in [5.41, 5.74) is -0.108. The molecule has 0 rings (SSSR count). The second-order valence-electron chi connectivity index (χ2n) is 4.24. The standard InChI is InChI=1S/C10H21F2NO/c1-10(2,3)14-8-4-6-13-7-5-9(11)12/h9,13H,4-8H2,1-3H3. The van der Waals surface area contributed by atoms with E-state index in [9.17, 15) is 8.78 Å². The van der Waals surface area contributed by atoms with E-state index in [1.807, 2.05) is 20.8 Å². The maximum absolute atomic E-state index is 11.7. The summed E-state index contributed by atoms with van der Waals surface area (Å²) in [5, 5.41) is 2.94. The Hall–Kier alpha value is -0.220. The van der Waals surface area contributed by atoms with Crippen molar-refractivity contribution >= 4 is 0 Å². The van der Waals surface area contributed by atoms with E-state index in [1.165, 1.54) is 0 Å². The van der Waals surface area contributed by atoms with Crippen molar-refractivity contribution in [2.75, 3.05) is 19.7 Å². The van der Waals surface area contributed by atoms with Crippen LogP contribution in [0.25, 0.3) is 0 Å². The molecular weight excluding hydrogens is 188 g/mol. The number of alkyl halides is 2. The molecule has 0 saturated heterocycles. The molecule has 14 heavy (non-hydrogen) atoms. The van der Waals surface area contributed by atoms with Crippen LogP contribution in [0.15, 0.2) is 0 Å². The molecule has 0 aliphatic rings. The first-order chi connectivity index (χ1) is 6.42. The molecule has 0 atom stereocenters. The van der Waals surface area contributed by atoms with E-state index in [0.717, 1.165) is 13.0 Å². The van der Waals surface area contributed by atoms with Gasteiger partial charge >= 0.3 is 0 Å². The Morgan fingerprint density at radius 3 is 2.36 bits per heavy atom. The Morgan fingerprint density at radius 2 is 1.86 bits per heavy atom. The van der Waals surface area contributed by atoms with Gasteiger partial charge in [-0.2, -0.15) is 0 Å². The molecule has 0 aliphatic heterocycles. The van der Waals surface area contributed by atoms with Crippen molar-refractivity contribution in [2.24, 2.45) is 0 Å². The van der Waals surface area contributed by atoms with Crippen molar-refractivity contribution in [3.63, 3.8) is 0 Å². The zero-order valence-corrected chi connectivity index (χ0v) is 9.28. The van der Waals surface area contributed by atoms with Crippen molar-refractivity contribution in [2.45, 2.75) is 45.6 Å². The monoisotopic (exact) mass is 209 g/mol. The minimum Gasteiger partial charge on any atom is -0.376 e. The van der Waals surface area contributed by atoms with Crippen molar-refractivity contribution < 1.29 is 13.5 Å². The van der Waals surface area contributed by atoms with Crippen LogP contribution in [-0.2, 0) is 4.74 Å².